The van der Waals surface area contributed by atoms with Gasteiger partial charge in [0.05, 0.1) is 4.90 Å². The van der Waals surface area contributed by atoms with E-state index in [0.29, 0.717) is 12.2 Å². The molecule has 0 saturated carbocycles. The minimum atomic E-state index is -3.41. The fourth-order valence-corrected chi connectivity index (χ4v) is 3.24. The Labute approximate surface area is 114 Å². The Morgan fingerprint density at radius 1 is 1.16 bits per heavy atom. The van der Waals surface area contributed by atoms with Gasteiger partial charge in [-0.05, 0) is 56.4 Å². The molecule has 0 aliphatic heterocycles. The Kier molecular flexibility index (Phi) is 4.61. The standard InChI is InChI=1S/C14H20N2O2S/c15-13-6-8-14(9-7-13)19(17,18)16-11-10-12-4-2-1-3-5-12/h4,6-9,16H,1-3,5,10-11,15H2. The van der Waals surface area contributed by atoms with Crippen molar-refractivity contribution in [3.05, 3.63) is 35.9 Å². The lowest BCUT2D eigenvalue weighted by Gasteiger charge is -2.13. The minimum absolute atomic E-state index is 0.263. The third kappa shape index (κ3) is 4.08. The molecule has 0 heterocycles. The summed E-state index contributed by atoms with van der Waals surface area (Å²) in [7, 11) is -3.41. The van der Waals surface area contributed by atoms with Crippen LogP contribution < -0.4 is 10.5 Å². The number of hydrogen-bond acceptors (Lipinski definition) is 3. The van der Waals surface area contributed by atoms with Gasteiger partial charge in [0, 0.05) is 12.2 Å². The molecule has 1 aliphatic rings. The van der Waals surface area contributed by atoms with Gasteiger partial charge in [-0.15, -0.1) is 0 Å². The van der Waals surface area contributed by atoms with E-state index in [9.17, 15) is 8.42 Å². The molecule has 4 nitrogen and oxygen atoms in total. The number of nitrogens with one attached hydrogen (secondary N) is 1. The molecule has 0 unspecified atom stereocenters. The quantitative estimate of drug-likeness (QED) is 0.642. The first-order valence-corrected chi connectivity index (χ1v) is 8.09. The molecule has 0 bridgehead atoms. The predicted octanol–water partition coefficient (Wildman–Crippen LogP) is 2.44. The average Bonchev–Trinajstić information content (AvgIpc) is 2.40. The van der Waals surface area contributed by atoms with Gasteiger partial charge in [0.1, 0.15) is 0 Å². The van der Waals surface area contributed by atoms with Crippen LogP contribution in [0, 0.1) is 0 Å². The molecule has 2 rings (SSSR count). The maximum absolute atomic E-state index is 12.0. The van der Waals surface area contributed by atoms with Gasteiger partial charge < -0.3 is 5.73 Å². The lowest BCUT2D eigenvalue weighted by Crippen LogP contribution is -2.25. The van der Waals surface area contributed by atoms with E-state index in [1.807, 2.05) is 0 Å². The molecule has 19 heavy (non-hydrogen) atoms. The number of nitrogens with two attached hydrogens (primary N) is 1. The fourth-order valence-electron chi connectivity index (χ4n) is 2.21. The van der Waals surface area contributed by atoms with Crippen molar-refractivity contribution in [2.75, 3.05) is 12.3 Å². The van der Waals surface area contributed by atoms with Crippen LogP contribution in [0.5, 0.6) is 0 Å². The van der Waals surface area contributed by atoms with E-state index in [1.54, 1.807) is 12.1 Å². The van der Waals surface area contributed by atoms with E-state index < -0.39 is 10.0 Å². The summed E-state index contributed by atoms with van der Waals surface area (Å²) in [5, 5.41) is 0. The molecule has 0 radical (unpaired) electrons. The van der Waals surface area contributed by atoms with E-state index in [-0.39, 0.29) is 4.90 Å². The smallest absolute Gasteiger partial charge is 0.240 e. The SMILES string of the molecule is Nc1ccc(S(=O)(=O)NCCC2=CCCCC2)cc1. The van der Waals surface area contributed by atoms with Crippen LogP contribution in [0.3, 0.4) is 0 Å². The van der Waals surface area contributed by atoms with Crippen LogP contribution in [-0.4, -0.2) is 15.0 Å². The molecular formula is C14H20N2O2S. The summed E-state index contributed by atoms with van der Waals surface area (Å²) in [6.45, 7) is 0.457. The van der Waals surface area contributed by atoms with E-state index in [0.717, 1.165) is 19.3 Å². The summed E-state index contributed by atoms with van der Waals surface area (Å²) in [6.07, 6.45) is 7.73. The number of sulfonamides is 1. The largest absolute Gasteiger partial charge is 0.399 e. The molecule has 0 amide bonds. The number of hydrogen-bond donors (Lipinski definition) is 2. The summed E-state index contributed by atoms with van der Waals surface area (Å²) in [6, 6.07) is 6.24. The highest BCUT2D eigenvalue weighted by atomic mass is 32.2. The van der Waals surface area contributed by atoms with Crippen LogP contribution in [-0.2, 0) is 10.0 Å². The maximum atomic E-state index is 12.0. The van der Waals surface area contributed by atoms with E-state index in [2.05, 4.69) is 10.8 Å². The van der Waals surface area contributed by atoms with Crippen molar-refractivity contribution < 1.29 is 8.42 Å². The first kappa shape index (κ1) is 14.1. The Balaban J connectivity index is 1.90. The number of rotatable bonds is 5. The fraction of sp³-hybridized carbons (Fsp3) is 0.429. The third-order valence-corrected chi connectivity index (χ3v) is 4.79. The van der Waals surface area contributed by atoms with Crippen molar-refractivity contribution in [2.45, 2.75) is 37.0 Å². The zero-order chi connectivity index (χ0) is 13.7. The van der Waals surface area contributed by atoms with Crippen molar-refractivity contribution in [3.63, 3.8) is 0 Å². The Bertz CT molecular complexity index is 547. The zero-order valence-corrected chi connectivity index (χ0v) is 11.7. The molecule has 5 heteroatoms. The first-order chi connectivity index (χ1) is 9.08. The Hall–Kier alpha value is -1.33. The van der Waals surface area contributed by atoms with Gasteiger partial charge in [0.2, 0.25) is 10.0 Å². The average molecular weight is 280 g/mol. The molecular weight excluding hydrogens is 260 g/mol. The molecule has 0 atom stereocenters. The van der Waals surface area contributed by atoms with Gasteiger partial charge in [-0.25, -0.2) is 13.1 Å². The van der Waals surface area contributed by atoms with Gasteiger partial charge in [0.25, 0.3) is 0 Å². The van der Waals surface area contributed by atoms with Gasteiger partial charge in [-0.2, -0.15) is 0 Å². The van der Waals surface area contributed by atoms with Crippen LogP contribution >= 0.6 is 0 Å². The maximum Gasteiger partial charge on any atom is 0.240 e. The number of allylic oxidation sites excluding steroid dienone is 1. The van der Waals surface area contributed by atoms with Crippen LogP contribution in [0.2, 0.25) is 0 Å². The second-order valence-corrected chi connectivity index (χ2v) is 6.59. The van der Waals surface area contributed by atoms with Gasteiger partial charge in [0.15, 0.2) is 0 Å². The highest BCUT2D eigenvalue weighted by Crippen LogP contribution is 2.19. The van der Waals surface area contributed by atoms with E-state index in [4.69, 9.17) is 5.73 Å². The molecule has 0 fully saturated rings. The number of benzene rings is 1. The van der Waals surface area contributed by atoms with E-state index in [1.165, 1.54) is 30.5 Å². The molecule has 0 aromatic heterocycles. The predicted molar refractivity (Wildman–Crippen MR) is 77.2 cm³/mol. The first-order valence-electron chi connectivity index (χ1n) is 6.61. The van der Waals surface area contributed by atoms with Crippen LogP contribution in [0.25, 0.3) is 0 Å². The van der Waals surface area contributed by atoms with Gasteiger partial charge in [-0.1, -0.05) is 11.6 Å². The highest BCUT2D eigenvalue weighted by molar-refractivity contribution is 7.89. The second kappa shape index (κ2) is 6.21. The van der Waals surface area contributed by atoms with Crippen molar-refractivity contribution in [1.82, 2.24) is 4.72 Å². The zero-order valence-electron chi connectivity index (χ0n) is 10.9. The molecule has 0 spiro atoms. The molecule has 1 aromatic rings. The summed E-state index contributed by atoms with van der Waals surface area (Å²) in [5.74, 6) is 0. The second-order valence-electron chi connectivity index (χ2n) is 4.82. The van der Waals surface area contributed by atoms with Gasteiger partial charge in [-0.3, -0.25) is 0 Å². The van der Waals surface area contributed by atoms with Gasteiger partial charge >= 0.3 is 0 Å². The van der Waals surface area contributed by atoms with Crippen molar-refractivity contribution in [1.29, 1.82) is 0 Å². The summed E-state index contributed by atoms with van der Waals surface area (Å²) >= 11 is 0. The topological polar surface area (TPSA) is 72.2 Å². The summed E-state index contributed by atoms with van der Waals surface area (Å²) in [5.41, 5.74) is 7.47. The van der Waals surface area contributed by atoms with Crippen LogP contribution in [0.4, 0.5) is 5.69 Å². The molecule has 104 valence electrons. The lowest BCUT2D eigenvalue weighted by atomic mass is 9.97. The molecule has 0 saturated heterocycles. The van der Waals surface area contributed by atoms with Crippen LogP contribution in [0.15, 0.2) is 40.8 Å². The monoisotopic (exact) mass is 280 g/mol. The summed E-state index contributed by atoms with van der Waals surface area (Å²) in [4.78, 5) is 0.263. The van der Waals surface area contributed by atoms with E-state index >= 15 is 0 Å². The Morgan fingerprint density at radius 2 is 1.89 bits per heavy atom. The van der Waals surface area contributed by atoms with Crippen molar-refractivity contribution >= 4 is 15.7 Å². The number of anilines is 1. The third-order valence-electron chi connectivity index (χ3n) is 3.31. The van der Waals surface area contributed by atoms with Crippen molar-refractivity contribution in [3.8, 4) is 0 Å². The Morgan fingerprint density at radius 3 is 2.53 bits per heavy atom. The molecule has 1 aromatic carbocycles. The van der Waals surface area contributed by atoms with Crippen LogP contribution in [0.1, 0.15) is 32.1 Å². The molecule has 3 N–H and O–H groups in total. The highest BCUT2D eigenvalue weighted by Gasteiger charge is 2.13. The number of nitrogen functional groups attached to an aromatic ring is 1. The molecule has 1 aliphatic carbocycles. The normalized spacial score (nSPS) is 16.1. The van der Waals surface area contributed by atoms with Crippen molar-refractivity contribution in [2.24, 2.45) is 0 Å². The summed E-state index contributed by atoms with van der Waals surface area (Å²) < 4.78 is 26.7. The lowest BCUT2D eigenvalue weighted by molar-refractivity contribution is 0.579. The minimum Gasteiger partial charge on any atom is -0.399 e.